The van der Waals surface area contributed by atoms with Gasteiger partial charge in [0.2, 0.25) is 0 Å². The molecule has 1 unspecified atom stereocenters. The Morgan fingerprint density at radius 1 is 1.19 bits per heavy atom. The smallest absolute Gasteiger partial charge is 0.330 e. The number of pyridine rings is 1. The van der Waals surface area contributed by atoms with Gasteiger partial charge in [-0.1, -0.05) is 19.3 Å². The van der Waals surface area contributed by atoms with Crippen LogP contribution < -0.4 is 5.69 Å². The van der Waals surface area contributed by atoms with Crippen LogP contribution in [0, 0.1) is 12.8 Å². The average molecular weight is 423 g/mol. The van der Waals surface area contributed by atoms with E-state index < -0.39 is 0 Å². The van der Waals surface area contributed by atoms with E-state index in [-0.39, 0.29) is 17.6 Å². The predicted molar refractivity (Wildman–Crippen MR) is 118 cm³/mol. The Labute approximate surface area is 181 Å². The van der Waals surface area contributed by atoms with Crippen LogP contribution in [0.3, 0.4) is 0 Å². The number of nitrogens with zero attached hydrogens (tertiary/aromatic N) is 6. The molecule has 1 aliphatic heterocycles. The molecule has 1 saturated carbocycles. The standard InChI is InChI=1S/C23H30N6O2/c1-16-19(13-25-26(16)2)22(30)27-12-10-18(15-27)29-21-20(9-6-11-24-21)28(23(29)31)14-17-7-4-3-5-8-17/h6,9,11,13,17-18H,3-5,7-8,10,12,14-15H2,1-2H3. The summed E-state index contributed by atoms with van der Waals surface area (Å²) in [5, 5.41) is 4.20. The number of hydrogen-bond donors (Lipinski definition) is 0. The number of carbonyl (C=O) groups is 1. The third-order valence-electron chi connectivity index (χ3n) is 7.17. The van der Waals surface area contributed by atoms with E-state index in [9.17, 15) is 9.59 Å². The second-order valence-corrected chi connectivity index (χ2v) is 9.07. The quantitative estimate of drug-likeness (QED) is 0.648. The summed E-state index contributed by atoms with van der Waals surface area (Å²) in [6, 6.07) is 3.84. The number of aromatic nitrogens is 5. The lowest BCUT2D eigenvalue weighted by atomic mass is 9.89. The van der Waals surface area contributed by atoms with Crippen LogP contribution in [0.1, 0.15) is 60.6 Å². The molecule has 0 aromatic carbocycles. The van der Waals surface area contributed by atoms with Crippen LogP contribution in [0.15, 0.2) is 29.3 Å². The van der Waals surface area contributed by atoms with E-state index in [1.54, 1.807) is 17.1 Å². The van der Waals surface area contributed by atoms with Crippen molar-refractivity contribution in [1.29, 1.82) is 0 Å². The van der Waals surface area contributed by atoms with Crippen LogP contribution >= 0.6 is 0 Å². The Balaban J connectivity index is 1.44. The number of aryl methyl sites for hydroxylation is 1. The van der Waals surface area contributed by atoms with E-state index in [1.807, 2.05) is 40.1 Å². The highest BCUT2D eigenvalue weighted by atomic mass is 16.2. The van der Waals surface area contributed by atoms with E-state index in [2.05, 4.69) is 10.1 Å². The van der Waals surface area contributed by atoms with Crippen LogP contribution in [0.5, 0.6) is 0 Å². The minimum Gasteiger partial charge on any atom is -0.336 e. The summed E-state index contributed by atoms with van der Waals surface area (Å²) >= 11 is 0. The first-order chi connectivity index (χ1) is 15.0. The molecule has 1 aliphatic carbocycles. The van der Waals surface area contributed by atoms with E-state index in [0.717, 1.165) is 29.8 Å². The number of hydrogen-bond acceptors (Lipinski definition) is 4. The highest BCUT2D eigenvalue weighted by Gasteiger charge is 2.32. The van der Waals surface area contributed by atoms with Crippen LogP contribution in [0.4, 0.5) is 0 Å². The third kappa shape index (κ3) is 3.47. The molecule has 164 valence electrons. The number of amides is 1. The molecule has 8 nitrogen and oxygen atoms in total. The monoisotopic (exact) mass is 422 g/mol. The van der Waals surface area contributed by atoms with Crippen molar-refractivity contribution in [3.63, 3.8) is 0 Å². The van der Waals surface area contributed by atoms with Crippen molar-refractivity contribution in [2.45, 2.75) is 58.0 Å². The zero-order valence-corrected chi connectivity index (χ0v) is 18.3. The summed E-state index contributed by atoms with van der Waals surface area (Å²) in [6.45, 7) is 3.82. The molecule has 2 fully saturated rings. The van der Waals surface area contributed by atoms with Gasteiger partial charge in [-0.2, -0.15) is 5.10 Å². The number of imidazole rings is 1. The van der Waals surface area contributed by atoms with E-state index >= 15 is 0 Å². The fourth-order valence-corrected chi connectivity index (χ4v) is 5.26. The second kappa shape index (κ2) is 7.98. The number of rotatable bonds is 4. The van der Waals surface area contributed by atoms with Crippen LogP contribution in [-0.2, 0) is 13.6 Å². The van der Waals surface area contributed by atoms with Crippen LogP contribution in [0.2, 0.25) is 0 Å². The summed E-state index contributed by atoms with van der Waals surface area (Å²) in [5.74, 6) is 0.543. The Kier molecular flexibility index (Phi) is 5.16. The molecule has 4 heterocycles. The summed E-state index contributed by atoms with van der Waals surface area (Å²) in [6.07, 6.45) is 10.3. The Hall–Kier alpha value is -2.90. The summed E-state index contributed by atoms with van der Waals surface area (Å²) < 4.78 is 5.48. The van der Waals surface area contributed by atoms with Crippen molar-refractivity contribution in [2.24, 2.45) is 13.0 Å². The first kappa shape index (κ1) is 20.0. The summed E-state index contributed by atoms with van der Waals surface area (Å²) in [4.78, 5) is 33.0. The normalized spacial score (nSPS) is 20.1. The van der Waals surface area contributed by atoms with Gasteiger partial charge < -0.3 is 4.90 Å². The maximum Gasteiger partial charge on any atom is 0.330 e. The van der Waals surface area contributed by atoms with Gasteiger partial charge in [-0.05, 0) is 44.2 Å². The number of carbonyl (C=O) groups excluding carboxylic acids is 1. The van der Waals surface area contributed by atoms with Crippen LogP contribution in [0.25, 0.3) is 11.2 Å². The number of likely N-dealkylation sites (tertiary alicyclic amines) is 1. The van der Waals surface area contributed by atoms with Crippen LogP contribution in [-0.4, -0.2) is 47.8 Å². The van der Waals surface area contributed by atoms with E-state index in [0.29, 0.717) is 24.6 Å². The first-order valence-corrected chi connectivity index (χ1v) is 11.4. The molecule has 1 amide bonds. The zero-order chi connectivity index (χ0) is 21.5. The maximum absolute atomic E-state index is 13.5. The van der Waals surface area contributed by atoms with Gasteiger partial charge in [0.15, 0.2) is 5.65 Å². The first-order valence-electron chi connectivity index (χ1n) is 11.4. The Bertz CT molecular complexity index is 1170. The molecular formula is C23H30N6O2. The van der Waals surface area contributed by atoms with Gasteiger partial charge >= 0.3 is 5.69 Å². The molecule has 5 rings (SSSR count). The highest BCUT2D eigenvalue weighted by molar-refractivity contribution is 5.95. The van der Waals surface area contributed by atoms with Crippen molar-refractivity contribution in [2.75, 3.05) is 13.1 Å². The Morgan fingerprint density at radius 3 is 2.74 bits per heavy atom. The Morgan fingerprint density at radius 2 is 2.00 bits per heavy atom. The molecule has 2 aliphatic rings. The van der Waals surface area contributed by atoms with Gasteiger partial charge in [0.25, 0.3) is 5.91 Å². The van der Waals surface area contributed by atoms with Crippen molar-refractivity contribution in [3.05, 3.63) is 46.3 Å². The molecule has 0 radical (unpaired) electrons. The van der Waals surface area contributed by atoms with Gasteiger partial charge in [0, 0.05) is 38.6 Å². The summed E-state index contributed by atoms with van der Waals surface area (Å²) in [5.41, 5.74) is 3.15. The SMILES string of the molecule is Cc1c(C(=O)N2CCC(n3c(=O)n(CC4CCCCC4)c4cccnc43)C2)cnn1C. The van der Waals surface area contributed by atoms with Crippen molar-refractivity contribution in [1.82, 2.24) is 28.8 Å². The molecule has 31 heavy (non-hydrogen) atoms. The fraction of sp³-hybridized carbons (Fsp3) is 0.565. The van der Waals surface area contributed by atoms with Crippen molar-refractivity contribution >= 4 is 17.1 Å². The largest absolute Gasteiger partial charge is 0.336 e. The molecule has 1 saturated heterocycles. The lowest BCUT2D eigenvalue weighted by molar-refractivity contribution is 0.0787. The minimum atomic E-state index is -0.0570. The predicted octanol–water partition coefficient (Wildman–Crippen LogP) is 2.91. The molecule has 8 heteroatoms. The van der Waals surface area contributed by atoms with Gasteiger partial charge in [0.1, 0.15) is 0 Å². The average Bonchev–Trinajstić information content (AvgIpc) is 3.47. The van der Waals surface area contributed by atoms with Gasteiger partial charge in [0.05, 0.1) is 23.3 Å². The molecular weight excluding hydrogens is 392 g/mol. The molecule has 0 bridgehead atoms. The van der Waals surface area contributed by atoms with Gasteiger partial charge in [-0.15, -0.1) is 0 Å². The summed E-state index contributed by atoms with van der Waals surface area (Å²) in [7, 11) is 1.84. The lowest BCUT2D eigenvalue weighted by Crippen LogP contribution is -2.33. The molecule has 0 spiro atoms. The maximum atomic E-state index is 13.5. The second-order valence-electron chi connectivity index (χ2n) is 9.07. The highest BCUT2D eigenvalue weighted by Crippen LogP contribution is 2.28. The molecule has 3 aromatic heterocycles. The van der Waals surface area contributed by atoms with Gasteiger partial charge in [-0.25, -0.2) is 9.78 Å². The zero-order valence-electron chi connectivity index (χ0n) is 18.3. The minimum absolute atomic E-state index is 0.0103. The van der Waals surface area contributed by atoms with Crippen molar-refractivity contribution < 1.29 is 4.79 Å². The molecule has 1 atom stereocenters. The molecule has 3 aromatic rings. The van der Waals surface area contributed by atoms with Crippen molar-refractivity contribution in [3.8, 4) is 0 Å². The topological polar surface area (TPSA) is 78.0 Å². The van der Waals surface area contributed by atoms with E-state index in [4.69, 9.17) is 0 Å². The number of fused-ring (bicyclic) bond motifs is 1. The van der Waals surface area contributed by atoms with E-state index in [1.165, 1.54) is 32.1 Å². The fourth-order valence-electron chi connectivity index (χ4n) is 5.26. The molecule has 0 N–H and O–H groups in total. The lowest BCUT2D eigenvalue weighted by Gasteiger charge is -2.21. The van der Waals surface area contributed by atoms with Gasteiger partial charge in [-0.3, -0.25) is 18.6 Å². The third-order valence-corrected chi connectivity index (χ3v) is 7.17.